The molecule has 4 aromatic rings. The van der Waals surface area contributed by atoms with Crippen molar-refractivity contribution in [1.82, 2.24) is 15.3 Å². The highest BCUT2D eigenvalue weighted by atomic mass is 35.5. The summed E-state index contributed by atoms with van der Waals surface area (Å²) in [5.41, 5.74) is 6.35. The van der Waals surface area contributed by atoms with Crippen LogP contribution in [0.15, 0.2) is 18.2 Å². The predicted octanol–water partition coefficient (Wildman–Crippen LogP) is 5.60. The van der Waals surface area contributed by atoms with Crippen molar-refractivity contribution < 1.29 is 13.5 Å². The number of nitrogens with two attached hydrogens (primary N) is 1. The Bertz CT molecular complexity index is 1570. The van der Waals surface area contributed by atoms with Crippen LogP contribution < -0.4 is 21.1 Å². The largest absolute Gasteiger partial charge is 0.467 e. The van der Waals surface area contributed by atoms with E-state index in [4.69, 9.17) is 22.1 Å². The monoisotopic (exact) mass is 526 g/mol. The Labute approximate surface area is 214 Å². The lowest BCUT2D eigenvalue weighted by Gasteiger charge is -2.30. The molecule has 0 unspecified atom stereocenters. The molecule has 0 radical (unpaired) electrons. The molecule has 7 nitrogen and oxygen atoms in total. The number of nitriles is 1. The summed E-state index contributed by atoms with van der Waals surface area (Å²) >= 11 is 7.60. The van der Waals surface area contributed by atoms with Crippen LogP contribution in [0.4, 0.5) is 19.6 Å². The molecule has 2 fully saturated rings. The first-order valence-corrected chi connectivity index (χ1v) is 12.7. The number of fused-ring (bicyclic) bond motifs is 4. The highest BCUT2D eigenvalue weighted by molar-refractivity contribution is 7.23. The number of thiophene rings is 1. The lowest BCUT2D eigenvalue weighted by molar-refractivity contribution is 0.373. The molecule has 184 valence electrons. The number of ether oxygens (including phenoxy) is 1. The van der Waals surface area contributed by atoms with Gasteiger partial charge in [0.1, 0.15) is 28.2 Å². The van der Waals surface area contributed by atoms with Gasteiger partial charge in [0.15, 0.2) is 5.82 Å². The first-order valence-electron chi connectivity index (χ1n) is 11.5. The predicted molar refractivity (Wildman–Crippen MR) is 138 cm³/mol. The molecule has 4 heterocycles. The van der Waals surface area contributed by atoms with E-state index in [1.54, 1.807) is 6.07 Å². The zero-order valence-electron chi connectivity index (χ0n) is 19.2. The quantitative estimate of drug-likeness (QED) is 0.317. The van der Waals surface area contributed by atoms with Crippen molar-refractivity contribution in [3.63, 3.8) is 0 Å². The summed E-state index contributed by atoms with van der Waals surface area (Å²) < 4.78 is 36.2. The van der Waals surface area contributed by atoms with Gasteiger partial charge in [0.2, 0.25) is 0 Å². The second-order valence-corrected chi connectivity index (χ2v) is 10.7. The van der Waals surface area contributed by atoms with Crippen LogP contribution in [0.2, 0.25) is 5.02 Å². The Morgan fingerprint density at radius 3 is 2.69 bits per heavy atom. The van der Waals surface area contributed by atoms with E-state index in [0.717, 1.165) is 37.0 Å². The fourth-order valence-electron chi connectivity index (χ4n) is 5.50. The van der Waals surface area contributed by atoms with Crippen molar-refractivity contribution in [1.29, 1.82) is 5.26 Å². The summed E-state index contributed by atoms with van der Waals surface area (Å²) in [6, 6.07) is 7.32. The number of nitrogens with zero attached hydrogens (tertiary/aromatic N) is 3. The van der Waals surface area contributed by atoms with Gasteiger partial charge in [-0.2, -0.15) is 15.2 Å². The summed E-state index contributed by atoms with van der Waals surface area (Å²) in [7, 11) is 1.42. The zero-order valence-corrected chi connectivity index (χ0v) is 20.7. The van der Waals surface area contributed by atoms with E-state index in [9.17, 15) is 9.65 Å². The molecule has 2 aromatic carbocycles. The van der Waals surface area contributed by atoms with Crippen molar-refractivity contribution in [3.8, 4) is 23.2 Å². The van der Waals surface area contributed by atoms with Crippen molar-refractivity contribution in [3.05, 3.63) is 40.4 Å². The number of nitrogen functional groups attached to an aromatic ring is 1. The molecule has 4 N–H and O–H groups in total. The van der Waals surface area contributed by atoms with Crippen LogP contribution in [0.3, 0.4) is 0 Å². The zero-order chi connectivity index (χ0) is 25.1. The molecule has 0 amide bonds. The molecule has 0 saturated carbocycles. The van der Waals surface area contributed by atoms with Gasteiger partial charge in [-0.25, -0.2) is 8.78 Å². The summed E-state index contributed by atoms with van der Waals surface area (Å²) in [6.45, 7) is 0. The molecule has 0 spiro atoms. The number of aromatic nitrogens is 2. The summed E-state index contributed by atoms with van der Waals surface area (Å²) in [4.78, 5) is 8.74. The van der Waals surface area contributed by atoms with Crippen molar-refractivity contribution in [2.45, 2.75) is 43.8 Å². The molecular formula is C25H21ClF2N6OS. The average Bonchev–Trinajstić information content (AvgIpc) is 3.39. The minimum absolute atomic E-state index is 0.00933. The number of hydrogen-bond acceptors (Lipinski definition) is 8. The molecule has 2 saturated heterocycles. The van der Waals surface area contributed by atoms with E-state index < -0.39 is 11.6 Å². The lowest BCUT2D eigenvalue weighted by Crippen LogP contribution is -2.43. The van der Waals surface area contributed by atoms with Gasteiger partial charge in [0.25, 0.3) is 0 Å². The number of anilines is 2. The SMILES string of the molecule is COc1nc(N[C@H]2C[C@H]3CC[C@@H](C2)N3)c2cc(Cl)c(-c3ccc(F)c4sc(N)c(C#N)c34)c(F)c2n1. The Morgan fingerprint density at radius 1 is 1.25 bits per heavy atom. The van der Waals surface area contributed by atoms with Crippen LogP contribution in [-0.2, 0) is 0 Å². The number of hydrogen-bond donors (Lipinski definition) is 3. The number of rotatable bonds is 4. The molecule has 0 aliphatic carbocycles. The van der Waals surface area contributed by atoms with Gasteiger partial charge in [-0.1, -0.05) is 17.7 Å². The standard InChI is InChI=1S/C25H21ClF2N6OS/c1-35-25-33-21-14(24(34-25)32-12-6-10-2-3-11(7-12)31-10)8-16(26)19(20(21)28)13-4-5-17(27)22-18(13)15(9-29)23(30)36-22/h4-5,8,10-12,31H,2-3,6-7,30H2,1H3,(H,32,33,34)/t10-,11+,12+. The highest BCUT2D eigenvalue weighted by Gasteiger charge is 2.34. The smallest absolute Gasteiger partial charge is 0.318 e. The summed E-state index contributed by atoms with van der Waals surface area (Å²) in [5.74, 6) is -0.818. The maximum absolute atomic E-state index is 16.2. The van der Waals surface area contributed by atoms with Crippen molar-refractivity contribution in [2.75, 3.05) is 18.2 Å². The topological polar surface area (TPSA) is 109 Å². The molecule has 2 bridgehead atoms. The van der Waals surface area contributed by atoms with Crippen molar-refractivity contribution >= 4 is 54.7 Å². The Hall–Kier alpha value is -3.26. The van der Waals surface area contributed by atoms with E-state index in [0.29, 0.717) is 23.3 Å². The number of methoxy groups -OCH3 is 1. The average molecular weight is 527 g/mol. The minimum Gasteiger partial charge on any atom is -0.467 e. The fourth-order valence-corrected chi connectivity index (χ4v) is 6.74. The van der Waals surface area contributed by atoms with E-state index in [-0.39, 0.29) is 54.4 Å². The first-order chi connectivity index (χ1) is 17.4. The van der Waals surface area contributed by atoms with E-state index in [1.165, 1.54) is 19.2 Å². The van der Waals surface area contributed by atoms with Gasteiger partial charge in [0, 0.05) is 34.5 Å². The molecule has 2 aliphatic rings. The Balaban J connectivity index is 1.54. The van der Waals surface area contributed by atoms with Crippen LogP contribution in [0.1, 0.15) is 31.2 Å². The maximum atomic E-state index is 16.2. The number of benzene rings is 2. The second kappa shape index (κ2) is 8.69. The molecule has 36 heavy (non-hydrogen) atoms. The van der Waals surface area contributed by atoms with Gasteiger partial charge in [-0.15, -0.1) is 11.3 Å². The Morgan fingerprint density at radius 2 is 2.00 bits per heavy atom. The van der Waals surface area contributed by atoms with Crippen LogP contribution in [0.25, 0.3) is 32.1 Å². The van der Waals surface area contributed by atoms with E-state index >= 15 is 4.39 Å². The summed E-state index contributed by atoms with van der Waals surface area (Å²) in [5, 5.41) is 17.6. The molecule has 6 rings (SSSR count). The van der Waals surface area contributed by atoms with Crippen molar-refractivity contribution in [2.24, 2.45) is 0 Å². The number of piperidine rings is 1. The van der Waals surface area contributed by atoms with Gasteiger partial charge in [0.05, 0.1) is 22.4 Å². The third-order valence-electron chi connectivity index (χ3n) is 7.06. The molecular weight excluding hydrogens is 506 g/mol. The number of halogens is 3. The molecule has 3 atom stereocenters. The van der Waals surface area contributed by atoms with Gasteiger partial charge >= 0.3 is 6.01 Å². The Kier molecular flexibility index (Phi) is 5.59. The third-order valence-corrected chi connectivity index (χ3v) is 8.38. The molecule has 11 heteroatoms. The first kappa shape index (κ1) is 23.2. The van der Waals surface area contributed by atoms with E-state index in [2.05, 4.69) is 20.6 Å². The summed E-state index contributed by atoms with van der Waals surface area (Å²) in [6.07, 6.45) is 4.15. The third kappa shape index (κ3) is 3.61. The van der Waals surface area contributed by atoms with E-state index in [1.807, 2.05) is 6.07 Å². The van der Waals surface area contributed by atoms with Crippen LogP contribution in [0.5, 0.6) is 6.01 Å². The van der Waals surface area contributed by atoms with Gasteiger partial charge < -0.3 is 21.1 Å². The molecule has 2 aliphatic heterocycles. The maximum Gasteiger partial charge on any atom is 0.318 e. The number of nitrogens with one attached hydrogen (secondary N) is 2. The van der Waals surface area contributed by atoms with Crippen LogP contribution in [0, 0.1) is 23.0 Å². The second-order valence-electron chi connectivity index (χ2n) is 9.21. The fraction of sp³-hybridized carbons (Fsp3) is 0.320. The van der Waals surface area contributed by atoms with Gasteiger partial charge in [-0.3, -0.25) is 0 Å². The van der Waals surface area contributed by atoms with Gasteiger partial charge in [-0.05, 0) is 43.4 Å². The van der Waals surface area contributed by atoms with Crippen LogP contribution >= 0.6 is 22.9 Å². The lowest BCUT2D eigenvalue weighted by atomic mass is 9.96. The normalized spacial score (nSPS) is 21.1. The minimum atomic E-state index is -0.715. The molecule has 2 aromatic heterocycles. The highest BCUT2D eigenvalue weighted by Crippen LogP contribution is 2.45. The van der Waals surface area contributed by atoms with Crippen LogP contribution in [-0.4, -0.2) is 35.2 Å².